The lowest BCUT2D eigenvalue weighted by atomic mass is 10.0. The number of halogens is 1. The first-order valence-corrected chi connectivity index (χ1v) is 8.41. The Labute approximate surface area is 140 Å². The molecule has 1 amide bonds. The molecule has 0 radical (unpaired) electrons. The van der Waals surface area contributed by atoms with Gasteiger partial charge in [0, 0.05) is 6.54 Å². The van der Waals surface area contributed by atoms with Crippen LogP contribution in [0.15, 0.2) is 47.1 Å². The lowest BCUT2D eigenvalue weighted by Gasteiger charge is -2.29. The standard InChI is InChI=1S/C19H22FNO3/c20-15-7-4-6-14(12-15)17(22)13-19(23)21-10-3-1-2-8-16(21)18-9-5-11-24-18/h4-7,9,11-12,16-17,22H,1-3,8,10,13H2. The van der Waals surface area contributed by atoms with Gasteiger partial charge in [0.1, 0.15) is 11.6 Å². The first-order chi connectivity index (χ1) is 11.6. The minimum atomic E-state index is -1.01. The molecule has 1 aromatic carbocycles. The van der Waals surface area contributed by atoms with Crippen molar-refractivity contribution in [3.05, 3.63) is 59.8 Å². The van der Waals surface area contributed by atoms with Crippen LogP contribution < -0.4 is 0 Å². The fourth-order valence-electron chi connectivity index (χ4n) is 3.30. The van der Waals surface area contributed by atoms with E-state index in [4.69, 9.17) is 4.42 Å². The number of carbonyl (C=O) groups is 1. The van der Waals surface area contributed by atoms with Crippen molar-refractivity contribution in [1.29, 1.82) is 0 Å². The summed E-state index contributed by atoms with van der Waals surface area (Å²) in [6.45, 7) is 0.653. The van der Waals surface area contributed by atoms with Gasteiger partial charge in [-0.15, -0.1) is 0 Å². The van der Waals surface area contributed by atoms with Gasteiger partial charge in [-0.2, -0.15) is 0 Å². The first kappa shape index (κ1) is 16.7. The van der Waals surface area contributed by atoms with Gasteiger partial charge in [0.25, 0.3) is 0 Å². The summed E-state index contributed by atoms with van der Waals surface area (Å²) in [7, 11) is 0. The van der Waals surface area contributed by atoms with E-state index in [1.165, 1.54) is 18.2 Å². The van der Waals surface area contributed by atoms with Crippen LogP contribution in [0.25, 0.3) is 0 Å². The van der Waals surface area contributed by atoms with Crippen LogP contribution in [-0.4, -0.2) is 22.5 Å². The molecule has 1 aliphatic rings. The average Bonchev–Trinajstić information content (AvgIpc) is 2.99. The highest BCUT2D eigenvalue weighted by atomic mass is 19.1. The van der Waals surface area contributed by atoms with E-state index in [2.05, 4.69) is 0 Å². The van der Waals surface area contributed by atoms with Crippen molar-refractivity contribution in [1.82, 2.24) is 4.90 Å². The van der Waals surface area contributed by atoms with Crippen LogP contribution >= 0.6 is 0 Å². The summed E-state index contributed by atoms with van der Waals surface area (Å²) in [5.41, 5.74) is 0.424. The third kappa shape index (κ3) is 3.85. The van der Waals surface area contributed by atoms with Gasteiger partial charge in [0.05, 0.1) is 24.8 Å². The third-order valence-corrected chi connectivity index (χ3v) is 4.55. The van der Waals surface area contributed by atoms with Crippen LogP contribution in [0.4, 0.5) is 4.39 Å². The van der Waals surface area contributed by atoms with Gasteiger partial charge in [-0.3, -0.25) is 4.79 Å². The number of rotatable bonds is 4. The Balaban J connectivity index is 1.73. The van der Waals surface area contributed by atoms with Crippen molar-refractivity contribution in [2.45, 2.75) is 44.2 Å². The molecule has 1 N–H and O–H groups in total. The zero-order valence-electron chi connectivity index (χ0n) is 13.5. The molecule has 5 heteroatoms. The molecule has 4 nitrogen and oxygen atoms in total. The van der Waals surface area contributed by atoms with E-state index in [-0.39, 0.29) is 18.4 Å². The van der Waals surface area contributed by atoms with Crippen molar-refractivity contribution in [3.63, 3.8) is 0 Å². The molecule has 0 spiro atoms. The van der Waals surface area contributed by atoms with E-state index in [1.54, 1.807) is 17.2 Å². The maximum absolute atomic E-state index is 13.3. The van der Waals surface area contributed by atoms with Crippen LogP contribution in [0, 0.1) is 5.82 Å². The minimum absolute atomic E-state index is 0.0549. The Morgan fingerprint density at radius 3 is 2.92 bits per heavy atom. The van der Waals surface area contributed by atoms with Crippen LogP contribution in [0.5, 0.6) is 0 Å². The molecule has 2 unspecified atom stereocenters. The number of aliphatic hydroxyl groups is 1. The van der Waals surface area contributed by atoms with Gasteiger partial charge in [0.2, 0.25) is 5.91 Å². The number of likely N-dealkylation sites (tertiary alicyclic amines) is 1. The quantitative estimate of drug-likeness (QED) is 0.922. The van der Waals surface area contributed by atoms with E-state index < -0.39 is 11.9 Å². The third-order valence-electron chi connectivity index (χ3n) is 4.55. The fraction of sp³-hybridized carbons (Fsp3) is 0.421. The SMILES string of the molecule is O=C(CC(O)c1cccc(F)c1)N1CCCCCC1c1ccco1. The largest absolute Gasteiger partial charge is 0.467 e. The van der Waals surface area contributed by atoms with Crippen molar-refractivity contribution in [2.75, 3.05) is 6.54 Å². The van der Waals surface area contributed by atoms with Crippen molar-refractivity contribution in [2.24, 2.45) is 0 Å². The van der Waals surface area contributed by atoms with E-state index in [0.717, 1.165) is 31.4 Å². The number of carbonyl (C=O) groups excluding carboxylic acids is 1. The fourth-order valence-corrected chi connectivity index (χ4v) is 3.30. The van der Waals surface area contributed by atoms with Crippen LogP contribution in [0.1, 0.15) is 55.6 Å². The van der Waals surface area contributed by atoms with Gasteiger partial charge >= 0.3 is 0 Å². The van der Waals surface area contributed by atoms with Crippen LogP contribution in [-0.2, 0) is 4.79 Å². The summed E-state index contributed by atoms with van der Waals surface area (Å²) in [5, 5.41) is 10.3. The van der Waals surface area contributed by atoms with Crippen LogP contribution in [0.3, 0.4) is 0 Å². The lowest BCUT2D eigenvalue weighted by Crippen LogP contribution is -2.35. The van der Waals surface area contributed by atoms with Crippen LogP contribution in [0.2, 0.25) is 0 Å². The molecule has 1 aliphatic heterocycles. The molecule has 128 valence electrons. The van der Waals surface area contributed by atoms with Gasteiger partial charge in [-0.05, 0) is 42.7 Å². The summed E-state index contributed by atoms with van der Waals surface area (Å²) in [4.78, 5) is 14.6. The van der Waals surface area contributed by atoms with Gasteiger partial charge in [-0.1, -0.05) is 25.0 Å². The predicted octanol–water partition coefficient (Wildman–Crippen LogP) is 3.99. The molecule has 2 atom stereocenters. The minimum Gasteiger partial charge on any atom is -0.467 e. The number of amides is 1. The Kier molecular flexibility index (Phi) is 5.30. The second-order valence-corrected chi connectivity index (χ2v) is 6.24. The van der Waals surface area contributed by atoms with Crippen molar-refractivity contribution >= 4 is 5.91 Å². The molecular formula is C19H22FNO3. The van der Waals surface area contributed by atoms with Gasteiger partial charge in [-0.25, -0.2) is 4.39 Å². The van der Waals surface area contributed by atoms with Gasteiger partial charge < -0.3 is 14.4 Å². The number of hydrogen-bond donors (Lipinski definition) is 1. The molecule has 3 rings (SSSR count). The second kappa shape index (κ2) is 7.62. The smallest absolute Gasteiger partial charge is 0.226 e. The molecule has 0 saturated carbocycles. The summed E-state index contributed by atoms with van der Waals surface area (Å²) in [6.07, 6.45) is 4.47. The summed E-state index contributed by atoms with van der Waals surface area (Å²) < 4.78 is 18.8. The molecule has 2 aromatic rings. The normalized spacial score (nSPS) is 19.8. The topological polar surface area (TPSA) is 53.7 Å². The maximum atomic E-state index is 13.3. The Hall–Kier alpha value is -2.14. The van der Waals surface area contributed by atoms with Crippen molar-refractivity contribution in [3.8, 4) is 0 Å². The lowest BCUT2D eigenvalue weighted by molar-refractivity contribution is -0.136. The van der Waals surface area contributed by atoms with E-state index in [0.29, 0.717) is 12.1 Å². The Morgan fingerprint density at radius 2 is 2.17 bits per heavy atom. The highest BCUT2D eigenvalue weighted by Gasteiger charge is 2.29. The maximum Gasteiger partial charge on any atom is 0.226 e. The molecule has 1 saturated heterocycles. The zero-order valence-corrected chi connectivity index (χ0v) is 13.5. The molecular weight excluding hydrogens is 309 g/mol. The van der Waals surface area contributed by atoms with E-state index in [9.17, 15) is 14.3 Å². The second-order valence-electron chi connectivity index (χ2n) is 6.24. The van der Waals surface area contributed by atoms with Crippen molar-refractivity contribution < 1.29 is 18.7 Å². The molecule has 0 aliphatic carbocycles. The molecule has 1 aromatic heterocycles. The average molecular weight is 331 g/mol. The monoisotopic (exact) mass is 331 g/mol. The summed E-state index contributed by atoms with van der Waals surface area (Å²) >= 11 is 0. The predicted molar refractivity (Wildman–Crippen MR) is 87.6 cm³/mol. The Bertz CT molecular complexity index is 671. The molecule has 0 bridgehead atoms. The highest BCUT2D eigenvalue weighted by Crippen LogP contribution is 2.32. The number of hydrogen-bond acceptors (Lipinski definition) is 3. The van der Waals surface area contributed by atoms with E-state index >= 15 is 0 Å². The summed E-state index contributed by atoms with van der Waals surface area (Å²) in [5.74, 6) is 0.239. The number of aliphatic hydroxyl groups excluding tert-OH is 1. The number of benzene rings is 1. The first-order valence-electron chi connectivity index (χ1n) is 8.41. The molecule has 24 heavy (non-hydrogen) atoms. The summed E-state index contributed by atoms with van der Waals surface area (Å²) in [6, 6.07) is 9.38. The molecule has 1 fully saturated rings. The van der Waals surface area contributed by atoms with E-state index in [1.807, 2.05) is 12.1 Å². The highest BCUT2D eigenvalue weighted by molar-refractivity contribution is 5.77. The number of furan rings is 1. The number of nitrogens with zero attached hydrogens (tertiary/aromatic N) is 1. The van der Waals surface area contributed by atoms with Gasteiger partial charge in [0.15, 0.2) is 0 Å². The molecule has 2 heterocycles. The Morgan fingerprint density at radius 1 is 1.29 bits per heavy atom. The zero-order chi connectivity index (χ0) is 16.9.